The van der Waals surface area contributed by atoms with Crippen LogP contribution in [0.4, 0.5) is 0 Å². The predicted octanol–water partition coefficient (Wildman–Crippen LogP) is 7.63. The summed E-state index contributed by atoms with van der Waals surface area (Å²) in [6.07, 6.45) is 16.1. The molecule has 0 saturated carbocycles. The minimum absolute atomic E-state index is 0.0966. The number of nitrogens with zero attached hydrogens (tertiary/aromatic N) is 2. The molecule has 0 bridgehead atoms. The summed E-state index contributed by atoms with van der Waals surface area (Å²) in [5.74, 6) is -0.729. The van der Waals surface area contributed by atoms with Crippen molar-refractivity contribution in [2.24, 2.45) is 5.92 Å². The second kappa shape index (κ2) is 19.1. The fraction of sp³-hybridized carbons (Fsp3) is 0.457. The Balaban J connectivity index is 1.38. The average molecular weight is 605 g/mol. The van der Waals surface area contributed by atoms with Gasteiger partial charge in [0.15, 0.2) is 11.6 Å². The first kappa shape index (κ1) is 34.2. The van der Waals surface area contributed by atoms with E-state index in [0.717, 1.165) is 12.0 Å². The van der Waals surface area contributed by atoms with Gasteiger partial charge in [-0.05, 0) is 49.7 Å². The third kappa shape index (κ3) is 11.8. The maximum Gasteiger partial charge on any atom is 0.343 e. The highest BCUT2D eigenvalue weighted by molar-refractivity contribution is 5.92. The zero-order valence-electron chi connectivity index (χ0n) is 26.1. The van der Waals surface area contributed by atoms with Crippen LogP contribution in [0.3, 0.4) is 0 Å². The van der Waals surface area contributed by atoms with Gasteiger partial charge in [0, 0.05) is 5.56 Å². The molecule has 236 valence electrons. The van der Waals surface area contributed by atoms with Crippen LogP contribution < -0.4 is 9.47 Å². The molecule has 1 aromatic heterocycles. The van der Waals surface area contributed by atoms with Crippen molar-refractivity contribution in [1.29, 1.82) is 0 Å². The topological polar surface area (TPSA) is 114 Å². The van der Waals surface area contributed by atoms with E-state index in [1.165, 1.54) is 89.2 Å². The first-order valence-corrected chi connectivity index (χ1v) is 15.5. The van der Waals surface area contributed by atoms with Gasteiger partial charge in [-0.25, -0.2) is 19.6 Å². The Labute approximate surface area is 260 Å². The van der Waals surface area contributed by atoms with Crippen molar-refractivity contribution < 1.29 is 33.3 Å². The minimum Gasteiger partial charge on any atom is -0.490 e. The number of aromatic nitrogens is 2. The van der Waals surface area contributed by atoms with Gasteiger partial charge in [0.05, 0.1) is 43.2 Å². The van der Waals surface area contributed by atoms with Crippen LogP contribution in [0.2, 0.25) is 0 Å². The molecule has 0 N–H and O–H groups in total. The Morgan fingerprint density at radius 2 is 1.25 bits per heavy atom. The Morgan fingerprint density at radius 1 is 0.705 bits per heavy atom. The summed E-state index contributed by atoms with van der Waals surface area (Å²) in [4.78, 5) is 45.1. The lowest BCUT2D eigenvalue weighted by Gasteiger charge is -2.10. The monoisotopic (exact) mass is 604 g/mol. The normalized spacial score (nSPS) is 11.4. The Hall–Kier alpha value is -4.27. The zero-order valence-corrected chi connectivity index (χ0v) is 26.1. The van der Waals surface area contributed by atoms with Crippen molar-refractivity contribution >= 4 is 17.9 Å². The lowest BCUT2D eigenvalue weighted by molar-refractivity contribution is -0.146. The summed E-state index contributed by atoms with van der Waals surface area (Å²) < 4.78 is 21.0. The molecule has 0 unspecified atom stereocenters. The van der Waals surface area contributed by atoms with Crippen LogP contribution >= 0.6 is 0 Å². The third-order valence-corrected chi connectivity index (χ3v) is 7.14. The van der Waals surface area contributed by atoms with Gasteiger partial charge in [-0.3, -0.25) is 4.79 Å². The van der Waals surface area contributed by atoms with E-state index < -0.39 is 23.8 Å². The number of hydrogen-bond acceptors (Lipinski definition) is 9. The van der Waals surface area contributed by atoms with Gasteiger partial charge in [-0.15, -0.1) is 0 Å². The molecule has 1 atom stereocenters. The van der Waals surface area contributed by atoms with Crippen molar-refractivity contribution in [1.82, 2.24) is 9.97 Å². The van der Waals surface area contributed by atoms with E-state index in [4.69, 9.17) is 14.2 Å². The maximum atomic E-state index is 12.6. The fourth-order valence-electron chi connectivity index (χ4n) is 4.45. The maximum absolute atomic E-state index is 12.6. The molecule has 44 heavy (non-hydrogen) atoms. The van der Waals surface area contributed by atoms with E-state index in [1.807, 2.05) is 0 Å². The molecule has 0 amide bonds. The number of unbranched alkanes of at least 4 members (excludes halogenated alkanes) is 9. The summed E-state index contributed by atoms with van der Waals surface area (Å²) in [6, 6.07) is 12.8. The first-order chi connectivity index (χ1) is 21.4. The van der Waals surface area contributed by atoms with E-state index in [0.29, 0.717) is 23.7 Å². The average Bonchev–Trinajstić information content (AvgIpc) is 3.06. The van der Waals surface area contributed by atoms with E-state index in [-0.39, 0.29) is 17.9 Å². The molecule has 0 radical (unpaired) electrons. The zero-order chi connectivity index (χ0) is 31.6. The number of carbonyl (C=O) groups is 3. The number of rotatable bonds is 19. The molecule has 0 aliphatic rings. The van der Waals surface area contributed by atoms with Crippen molar-refractivity contribution in [3.8, 4) is 22.9 Å². The number of esters is 3. The highest BCUT2D eigenvalue weighted by Crippen LogP contribution is 2.20. The van der Waals surface area contributed by atoms with Crippen LogP contribution in [-0.2, 0) is 14.3 Å². The van der Waals surface area contributed by atoms with E-state index >= 15 is 0 Å². The van der Waals surface area contributed by atoms with Crippen LogP contribution in [0.15, 0.2) is 60.9 Å². The van der Waals surface area contributed by atoms with Crippen LogP contribution in [-0.4, -0.2) is 48.2 Å². The summed E-state index contributed by atoms with van der Waals surface area (Å²) in [5, 5.41) is 0. The van der Waals surface area contributed by atoms with Crippen molar-refractivity contribution in [3.05, 3.63) is 72.1 Å². The van der Waals surface area contributed by atoms with Crippen LogP contribution in [0.1, 0.15) is 98.8 Å². The van der Waals surface area contributed by atoms with Gasteiger partial charge in [0.1, 0.15) is 12.4 Å². The molecule has 9 nitrogen and oxygen atoms in total. The number of ether oxygens (including phenoxy) is 4. The summed E-state index contributed by atoms with van der Waals surface area (Å²) in [5.41, 5.74) is 1.37. The molecule has 0 fully saturated rings. The molecular formula is C35H44N2O7. The Bertz CT molecular complexity index is 1290. The van der Waals surface area contributed by atoms with E-state index in [9.17, 15) is 14.4 Å². The molecule has 0 saturated heterocycles. The largest absolute Gasteiger partial charge is 0.490 e. The smallest absolute Gasteiger partial charge is 0.343 e. The highest BCUT2D eigenvalue weighted by atomic mass is 16.5. The van der Waals surface area contributed by atoms with Gasteiger partial charge < -0.3 is 18.9 Å². The second-order valence-corrected chi connectivity index (χ2v) is 10.8. The second-order valence-electron chi connectivity index (χ2n) is 10.8. The lowest BCUT2D eigenvalue weighted by atomic mass is 10.1. The Kier molecular flexibility index (Phi) is 14.9. The highest BCUT2D eigenvalue weighted by Gasteiger charge is 2.17. The predicted molar refractivity (Wildman–Crippen MR) is 168 cm³/mol. The molecule has 0 aliphatic heterocycles. The number of methoxy groups -OCH3 is 1. The van der Waals surface area contributed by atoms with Gasteiger partial charge >= 0.3 is 17.9 Å². The molecule has 1 heterocycles. The molecule has 3 aromatic rings. The SMILES string of the molecule is CCCCCCCCCCCCOc1cnc(-c2ccc(C(=O)Oc3ccc(C(=O)OC[C@H](C)C(=O)OC)cc3)cc2)nc1. The van der Waals surface area contributed by atoms with Crippen LogP contribution in [0.25, 0.3) is 11.4 Å². The molecule has 0 spiro atoms. The molecule has 0 aliphatic carbocycles. The van der Waals surface area contributed by atoms with Crippen molar-refractivity contribution in [2.75, 3.05) is 20.3 Å². The van der Waals surface area contributed by atoms with Crippen molar-refractivity contribution in [2.45, 2.75) is 78.1 Å². The van der Waals surface area contributed by atoms with Gasteiger partial charge in [0.2, 0.25) is 0 Å². The van der Waals surface area contributed by atoms with E-state index in [1.54, 1.807) is 43.6 Å². The number of benzene rings is 2. The summed E-state index contributed by atoms with van der Waals surface area (Å²) in [6.45, 7) is 4.41. The minimum atomic E-state index is -0.592. The van der Waals surface area contributed by atoms with Crippen LogP contribution in [0, 0.1) is 5.92 Å². The summed E-state index contributed by atoms with van der Waals surface area (Å²) >= 11 is 0. The summed E-state index contributed by atoms with van der Waals surface area (Å²) in [7, 11) is 1.28. The van der Waals surface area contributed by atoms with Crippen molar-refractivity contribution in [3.63, 3.8) is 0 Å². The number of carbonyl (C=O) groups excluding carboxylic acids is 3. The standard InChI is InChI=1S/C35H44N2O7/c1-4-5-6-7-8-9-10-11-12-13-22-42-31-23-36-32(37-24-31)27-14-16-29(17-15-27)35(40)44-30-20-18-28(19-21-30)34(39)43-25-26(2)33(38)41-3/h14-21,23-24,26H,4-13,22,25H2,1-3H3/t26-/m0/s1. The Morgan fingerprint density at radius 3 is 1.84 bits per heavy atom. The fourth-order valence-corrected chi connectivity index (χ4v) is 4.45. The first-order valence-electron chi connectivity index (χ1n) is 15.5. The van der Waals surface area contributed by atoms with Gasteiger partial charge in [-0.1, -0.05) is 76.8 Å². The van der Waals surface area contributed by atoms with Gasteiger partial charge in [-0.2, -0.15) is 0 Å². The molecular weight excluding hydrogens is 560 g/mol. The third-order valence-electron chi connectivity index (χ3n) is 7.14. The van der Waals surface area contributed by atoms with Gasteiger partial charge in [0.25, 0.3) is 0 Å². The molecule has 3 rings (SSSR count). The molecule has 2 aromatic carbocycles. The number of hydrogen-bond donors (Lipinski definition) is 0. The lowest BCUT2D eigenvalue weighted by Crippen LogP contribution is -2.20. The quantitative estimate of drug-likeness (QED) is 0.0774. The molecule has 9 heteroatoms. The van der Waals surface area contributed by atoms with E-state index in [2.05, 4.69) is 21.6 Å². The van der Waals surface area contributed by atoms with Crippen LogP contribution in [0.5, 0.6) is 11.5 Å².